The highest BCUT2D eigenvalue weighted by Gasteiger charge is 2.18. The zero-order valence-electron chi connectivity index (χ0n) is 12.0. The first-order valence-electron chi connectivity index (χ1n) is 6.39. The summed E-state index contributed by atoms with van der Waals surface area (Å²) in [6.07, 6.45) is 5.40. The molecule has 0 saturated carbocycles. The van der Waals surface area contributed by atoms with Crippen molar-refractivity contribution in [3.05, 3.63) is 46.3 Å². The summed E-state index contributed by atoms with van der Waals surface area (Å²) in [5.41, 5.74) is 0.314. The quantitative estimate of drug-likeness (QED) is 0.848. The second kappa shape index (κ2) is 5.75. The summed E-state index contributed by atoms with van der Waals surface area (Å²) in [6, 6.07) is 2.36. The van der Waals surface area contributed by atoms with Crippen molar-refractivity contribution in [2.45, 2.75) is 13.8 Å². The van der Waals surface area contributed by atoms with Crippen molar-refractivity contribution >= 4 is 16.5 Å². The van der Waals surface area contributed by atoms with Crippen molar-refractivity contribution < 1.29 is 19.4 Å². The van der Waals surface area contributed by atoms with Crippen LogP contribution in [-0.4, -0.2) is 17.3 Å². The summed E-state index contributed by atoms with van der Waals surface area (Å²) < 4.78 is 10.7. The molecule has 0 aliphatic rings. The van der Waals surface area contributed by atoms with Crippen LogP contribution in [-0.2, 0) is 0 Å². The molecule has 0 unspecified atom stereocenters. The molecular formula is C16H16O5. The van der Waals surface area contributed by atoms with Gasteiger partial charge in [0.05, 0.1) is 7.11 Å². The lowest BCUT2D eigenvalue weighted by molar-refractivity contribution is 0.366. The highest BCUT2D eigenvalue weighted by atomic mass is 16.5. The molecule has 110 valence electrons. The van der Waals surface area contributed by atoms with Gasteiger partial charge in [0.15, 0.2) is 16.8 Å². The molecule has 0 radical (unpaired) electrons. The highest BCUT2D eigenvalue weighted by molar-refractivity contribution is 5.91. The van der Waals surface area contributed by atoms with Crippen molar-refractivity contribution in [3.63, 3.8) is 0 Å². The van der Waals surface area contributed by atoms with E-state index in [1.54, 1.807) is 12.2 Å². The number of phenolic OH excluding ortho intramolecular Hbond substituents is 2. The van der Waals surface area contributed by atoms with E-state index in [9.17, 15) is 15.0 Å². The van der Waals surface area contributed by atoms with Crippen molar-refractivity contribution in [1.29, 1.82) is 0 Å². The molecule has 0 fully saturated rings. The van der Waals surface area contributed by atoms with Crippen LogP contribution >= 0.6 is 0 Å². The maximum Gasteiger partial charge on any atom is 0.204 e. The van der Waals surface area contributed by atoms with E-state index in [0.29, 0.717) is 11.3 Å². The minimum atomic E-state index is -0.411. The van der Waals surface area contributed by atoms with E-state index in [4.69, 9.17) is 9.15 Å². The molecule has 1 heterocycles. The van der Waals surface area contributed by atoms with E-state index in [1.165, 1.54) is 13.2 Å². The van der Waals surface area contributed by atoms with Crippen LogP contribution in [0, 0.1) is 0 Å². The van der Waals surface area contributed by atoms with E-state index in [-0.39, 0.29) is 28.2 Å². The summed E-state index contributed by atoms with van der Waals surface area (Å²) in [4.78, 5) is 12.2. The van der Waals surface area contributed by atoms with Crippen LogP contribution in [0.4, 0.5) is 0 Å². The van der Waals surface area contributed by atoms with Crippen LogP contribution < -0.4 is 10.2 Å². The molecular weight excluding hydrogens is 272 g/mol. The molecule has 21 heavy (non-hydrogen) atoms. The summed E-state index contributed by atoms with van der Waals surface area (Å²) in [7, 11) is 1.35. The lowest BCUT2D eigenvalue weighted by Gasteiger charge is -2.10. The molecule has 1 aromatic heterocycles. The van der Waals surface area contributed by atoms with Gasteiger partial charge in [-0.25, -0.2) is 0 Å². The second-order valence-corrected chi connectivity index (χ2v) is 4.37. The average molecular weight is 288 g/mol. The van der Waals surface area contributed by atoms with Crippen LogP contribution in [0.25, 0.3) is 16.5 Å². The van der Waals surface area contributed by atoms with Gasteiger partial charge in [-0.05, 0) is 13.8 Å². The molecule has 0 saturated heterocycles. The van der Waals surface area contributed by atoms with Crippen LogP contribution in [0.5, 0.6) is 17.2 Å². The second-order valence-electron chi connectivity index (χ2n) is 4.37. The van der Waals surface area contributed by atoms with Crippen LogP contribution in [0.15, 0.2) is 39.6 Å². The maximum absolute atomic E-state index is 12.2. The third-order valence-corrected chi connectivity index (χ3v) is 3.06. The topological polar surface area (TPSA) is 79.9 Å². The van der Waals surface area contributed by atoms with Gasteiger partial charge in [0.2, 0.25) is 5.75 Å². The standard InChI is InChI=1S/C16H16O5/c1-4-6-9(5-2)13-8-11(18)14-10(17)7-12(19)15(20-3)16(14)21-13/h4-8,17,19H,1-3H3/b6-4-,9-5+. The van der Waals surface area contributed by atoms with Gasteiger partial charge < -0.3 is 19.4 Å². The number of phenols is 2. The van der Waals surface area contributed by atoms with Gasteiger partial charge in [-0.3, -0.25) is 4.79 Å². The van der Waals surface area contributed by atoms with E-state index >= 15 is 0 Å². The SMILES string of the molecule is C/C=C\C(=C/C)c1cc(=O)c2c(O)cc(O)c(OC)c2o1. The van der Waals surface area contributed by atoms with Crippen LogP contribution in [0.2, 0.25) is 0 Å². The highest BCUT2D eigenvalue weighted by Crippen LogP contribution is 2.39. The Morgan fingerprint density at radius 1 is 1.24 bits per heavy atom. The van der Waals surface area contributed by atoms with Gasteiger partial charge in [-0.15, -0.1) is 0 Å². The van der Waals surface area contributed by atoms with Gasteiger partial charge in [0.25, 0.3) is 0 Å². The minimum absolute atomic E-state index is 0.0117. The number of rotatable bonds is 3. The van der Waals surface area contributed by atoms with Crippen molar-refractivity contribution in [2.75, 3.05) is 7.11 Å². The molecule has 0 spiro atoms. The summed E-state index contributed by atoms with van der Waals surface area (Å²) in [5, 5.41) is 19.6. The molecule has 0 amide bonds. The molecule has 2 rings (SSSR count). The third-order valence-electron chi connectivity index (χ3n) is 3.06. The molecule has 1 aromatic carbocycles. The monoisotopic (exact) mass is 288 g/mol. The van der Waals surface area contributed by atoms with Crippen LogP contribution in [0.1, 0.15) is 19.6 Å². The Morgan fingerprint density at radius 2 is 1.95 bits per heavy atom. The predicted molar refractivity (Wildman–Crippen MR) is 80.8 cm³/mol. The fraction of sp³-hybridized carbons (Fsp3) is 0.188. The zero-order valence-corrected chi connectivity index (χ0v) is 12.0. The Balaban J connectivity index is 2.90. The molecule has 5 nitrogen and oxygen atoms in total. The molecule has 0 aliphatic carbocycles. The number of fused-ring (bicyclic) bond motifs is 1. The molecule has 0 atom stereocenters. The normalized spacial score (nSPS) is 12.2. The number of benzene rings is 1. The molecule has 2 aromatic rings. The molecule has 0 bridgehead atoms. The Labute approximate surface area is 121 Å². The van der Waals surface area contributed by atoms with E-state index in [2.05, 4.69) is 0 Å². The first-order valence-corrected chi connectivity index (χ1v) is 6.39. The number of methoxy groups -OCH3 is 1. The Morgan fingerprint density at radius 3 is 2.52 bits per heavy atom. The lowest BCUT2D eigenvalue weighted by Crippen LogP contribution is -2.03. The van der Waals surface area contributed by atoms with E-state index in [1.807, 2.05) is 19.9 Å². The fourth-order valence-electron chi connectivity index (χ4n) is 2.12. The zero-order chi connectivity index (χ0) is 15.6. The Kier molecular flexibility index (Phi) is 4.03. The molecule has 2 N–H and O–H groups in total. The lowest BCUT2D eigenvalue weighted by atomic mass is 10.1. The van der Waals surface area contributed by atoms with Gasteiger partial charge in [-0.2, -0.15) is 0 Å². The number of hydrogen-bond donors (Lipinski definition) is 2. The average Bonchev–Trinajstić information content (AvgIpc) is 2.44. The maximum atomic E-state index is 12.2. The smallest absolute Gasteiger partial charge is 0.204 e. The third kappa shape index (κ3) is 2.50. The first kappa shape index (κ1) is 14.7. The largest absolute Gasteiger partial charge is 0.507 e. The summed E-state index contributed by atoms with van der Waals surface area (Å²) >= 11 is 0. The number of aromatic hydroxyl groups is 2. The van der Waals surface area contributed by atoms with Crippen molar-refractivity contribution in [2.24, 2.45) is 0 Å². The van der Waals surface area contributed by atoms with Gasteiger partial charge in [-0.1, -0.05) is 18.2 Å². The van der Waals surface area contributed by atoms with Crippen LogP contribution in [0.3, 0.4) is 0 Å². The number of allylic oxidation sites excluding steroid dienone is 4. The predicted octanol–water partition coefficient (Wildman–Crippen LogP) is 3.19. The minimum Gasteiger partial charge on any atom is -0.507 e. The van der Waals surface area contributed by atoms with Gasteiger partial charge in [0, 0.05) is 17.7 Å². The first-order chi connectivity index (χ1) is 10.0. The Bertz CT molecular complexity index is 796. The van der Waals surface area contributed by atoms with Gasteiger partial charge in [0.1, 0.15) is 16.9 Å². The van der Waals surface area contributed by atoms with Gasteiger partial charge >= 0.3 is 0 Å². The number of hydrogen-bond acceptors (Lipinski definition) is 5. The fourth-order valence-corrected chi connectivity index (χ4v) is 2.12. The summed E-state index contributed by atoms with van der Waals surface area (Å²) in [5.74, 6) is -0.304. The van der Waals surface area contributed by atoms with Crippen molar-refractivity contribution in [1.82, 2.24) is 0 Å². The van der Waals surface area contributed by atoms with Crippen molar-refractivity contribution in [3.8, 4) is 17.2 Å². The van der Waals surface area contributed by atoms with E-state index in [0.717, 1.165) is 6.07 Å². The Hall–Kier alpha value is -2.69. The molecule has 0 aliphatic heterocycles. The number of ether oxygens (including phenoxy) is 1. The summed E-state index contributed by atoms with van der Waals surface area (Å²) in [6.45, 7) is 3.66. The molecule has 5 heteroatoms. The van der Waals surface area contributed by atoms with E-state index < -0.39 is 5.43 Å².